The van der Waals surface area contributed by atoms with Crippen LogP contribution in [0.3, 0.4) is 0 Å². The molecule has 3 aromatic carbocycles. The van der Waals surface area contributed by atoms with Gasteiger partial charge in [0.2, 0.25) is 5.78 Å². The highest BCUT2D eigenvalue weighted by molar-refractivity contribution is 6.43. The van der Waals surface area contributed by atoms with Crippen molar-refractivity contribution in [3.63, 3.8) is 0 Å². The molecule has 0 amide bonds. The first-order valence-corrected chi connectivity index (χ1v) is 11.7. The van der Waals surface area contributed by atoms with E-state index in [0.29, 0.717) is 39.0 Å². The largest absolute Gasteiger partial charge is 0.506 e. The van der Waals surface area contributed by atoms with Crippen LogP contribution in [-0.4, -0.2) is 15.5 Å². The van der Waals surface area contributed by atoms with E-state index >= 15 is 0 Å². The van der Waals surface area contributed by atoms with Crippen LogP contribution in [0.2, 0.25) is 0 Å². The summed E-state index contributed by atoms with van der Waals surface area (Å²) in [5, 5.41) is 11.9. The van der Waals surface area contributed by atoms with Gasteiger partial charge in [0.15, 0.2) is 0 Å². The smallest absolute Gasteiger partial charge is 0.416 e. The zero-order valence-corrected chi connectivity index (χ0v) is 20.6. The zero-order valence-electron chi connectivity index (χ0n) is 20.6. The topological polar surface area (TPSA) is 42.2 Å². The third-order valence-corrected chi connectivity index (χ3v) is 6.81. The fraction of sp³-hybridized carbons (Fsp3) is 0.129. The molecule has 186 valence electrons. The predicted octanol–water partition coefficient (Wildman–Crippen LogP) is 8.15. The molecule has 1 heterocycles. The van der Waals surface area contributed by atoms with Crippen LogP contribution in [0.15, 0.2) is 96.3 Å². The van der Waals surface area contributed by atoms with Crippen molar-refractivity contribution in [2.45, 2.75) is 26.9 Å². The molecule has 0 fully saturated rings. The molecular formula is C31H24F3NO2. The van der Waals surface area contributed by atoms with E-state index in [-0.39, 0.29) is 22.7 Å². The van der Waals surface area contributed by atoms with Crippen molar-refractivity contribution in [1.82, 2.24) is 4.57 Å². The summed E-state index contributed by atoms with van der Waals surface area (Å²) < 4.78 is 42.0. The summed E-state index contributed by atoms with van der Waals surface area (Å²) in [5.41, 5.74) is 4.60. The second-order valence-electron chi connectivity index (χ2n) is 9.26. The quantitative estimate of drug-likeness (QED) is 0.288. The number of aliphatic hydroxyl groups excluding tert-OH is 1. The molecule has 0 spiro atoms. The number of Topliss-reactive ketones (excluding diaryl/α,β-unsaturated/α-hetero) is 1. The summed E-state index contributed by atoms with van der Waals surface area (Å²) in [4.78, 5) is 13.7. The minimum Gasteiger partial charge on any atom is -0.506 e. The number of benzene rings is 3. The number of alkyl halides is 3. The number of aliphatic hydroxyl groups is 1. The lowest BCUT2D eigenvalue weighted by molar-refractivity contribution is -0.137. The minimum absolute atomic E-state index is 0.138. The van der Waals surface area contributed by atoms with Crippen molar-refractivity contribution < 1.29 is 23.1 Å². The van der Waals surface area contributed by atoms with Gasteiger partial charge in [-0.1, -0.05) is 55.1 Å². The van der Waals surface area contributed by atoms with Gasteiger partial charge >= 0.3 is 6.18 Å². The summed E-state index contributed by atoms with van der Waals surface area (Å²) in [6.45, 7) is 9.50. The van der Waals surface area contributed by atoms with Crippen LogP contribution < -0.4 is 0 Å². The number of hydrogen-bond donors (Lipinski definition) is 1. The molecule has 1 aliphatic carbocycles. The van der Waals surface area contributed by atoms with Gasteiger partial charge in [-0.25, -0.2) is 0 Å². The zero-order chi connectivity index (χ0) is 26.6. The van der Waals surface area contributed by atoms with Crippen LogP contribution >= 0.6 is 0 Å². The van der Waals surface area contributed by atoms with Crippen LogP contribution in [0.1, 0.15) is 34.9 Å². The van der Waals surface area contributed by atoms with Gasteiger partial charge in [-0.05, 0) is 67.3 Å². The van der Waals surface area contributed by atoms with Crippen molar-refractivity contribution in [1.29, 1.82) is 0 Å². The maximum atomic E-state index is 13.7. The average Bonchev–Trinajstić information content (AvgIpc) is 3.14. The van der Waals surface area contributed by atoms with Gasteiger partial charge in [0.05, 0.1) is 22.2 Å². The Balaban J connectivity index is 1.77. The molecule has 0 bridgehead atoms. The molecule has 1 aromatic heterocycles. The summed E-state index contributed by atoms with van der Waals surface area (Å²) in [7, 11) is 0. The first-order valence-electron chi connectivity index (χ1n) is 11.7. The molecule has 0 saturated heterocycles. The molecule has 0 unspecified atom stereocenters. The van der Waals surface area contributed by atoms with E-state index in [1.165, 1.54) is 6.07 Å². The van der Waals surface area contributed by atoms with Crippen molar-refractivity contribution in [2.24, 2.45) is 0 Å². The molecule has 5 rings (SSSR count). The van der Waals surface area contributed by atoms with Gasteiger partial charge in [-0.15, -0.1) is 0 Å². The Bertz CT molecular complexity index is 1680. The Kier molecular flexibility index (Phi) is 5.71. The Labute approximate surface area is 212 Å². The Morgan fingerprint density at radius 1 is 0.946 bits per heavy atom. The normalized spacial score (nSPS) is 15.2. The first-order chi connectivity index (χ1) is 17.5. The van der Waals surface area contributed by atoms with Crippen molar-refractivity contribution >= 4 is 27.8 Å². The molecule has 37 heavy (non-hydrogen) atoms. The summed E-state index contributed by atoms with van der Waals surface area (Å²) in [6.07, 6.45) is -4.49. The third-order valence-electron chi connectivity index (χ3n) is 6.81. The van der Waals surface area contributed by atoms with E-state index < -0.39 is 11.7 Å². The molecule has 0 atom stereocenters. The van der Waals surface area contributed by atoms with Crippen LogP contribution in [-0.2, 0) is 11.0 Å². The van der Waals surface area contributed by atoms with Crippen LogP contribution in [0.25, 0.3) is 27.7 Å². The molecule has 1 aliphatic rings. The van der Waals surface area contributed by atoms with Gasteiger partial charge in [0.1, 0.15) is 5.76 Å². The fourth-order valence-electron chi connectivity index (χ4n) is 5.13. The van der Waals surface area contributed by atoms with Crippen LogP contribution in [0.4, 0.5) is 13.2 Å². The highest BCUT2D eigenvalue weighted by Gasteiger charge is 2.40. The molecule has 3 nitrogen and oxygen atoms in total. The average molecular weight is 500 g/mol. The van der Waals surface area contributed by atoms with E-state index in [4.69, 9.17) is 0 Å². The Morgan fingerprint density at radius 3 is 2.27 bits per heavy atom. The monoisotopic (exact) mass is 499 g/mol. The van der Waals surface area contributed by atoms with Crippen molar-refractivity contribution in [2.75, 3.05) is 0 Å². The number of aryl methyl sites for hydroxylation is 1. The third kappa shape index (κ3) is 3.80. The number of aromatic nitrogens is 1. The number of nitrogens with zero attached hydrogens (tertiary/aromatic N) is 1. The summed E-state index contributed by atoms with van der Waals surface area (Å²) in [6, 6.07) is 19.8. The first kappa shape index (κ1) is 24.4. The highest BCUT2D eigenvalue weighted by Crippen LogP contribution is 2.46. The number of carbonyl (C=O) groups is 1. The van der Waals surface area contributed by atoms with Gasteiger partial charge in [-0.2, -0.15) is 13.2 Å². The Hall–Kier alpha value is -4.32. The number of para-hydroxylation sites is 1. The second kappa shape index (κ2) is 8.66. The van der Waals surface area contributed by atoms with Gasteiger partial charge in [-0.3, -0.25) is 4.79 Å². The maximum absolute atomic E-state index is 13.7. The van der Waals surface area contributed by atoms with E-state index in [1.807, 2.05) is 31.2 Å². The van der Waals surface area contributed by atoms with Gasteiger partial charge in [0, 0.05) is 22.3 Å². The van der Waals surface area contributed by atoms with E-state index in [1.54, 1.807) is 48.7 Å². The fourth-order valence-corrected chi connectivity index (χ4v) is 5.13. The number of halogens is 3. The highest BCUT2D eigenvalue weighted by atomic mass is 19.4. The van der Waals surface area contributed by atoms with Crippen LogP contribution in [0, 0.1) is 13.8 Å². The van der Waals surface area contributed by atoms with Gasteiger partial charge < -0.3 is 9.67 Å². The molecule has 4 aromatic rings. The second-order valence-corrected chi connectivity index (χ2v) is 9.26. The summed E-state index contributed by atoms with van der Waals surface area (Å²) in [5.74, 6) is -0.463. The van der Waals surface area contributed by atoms with Crippen molar-refractivity contribution in [3.8, 4) is 5.69 Å². The molecule has 0 aliphatic heterocycles. The lowest BCUT2D eigenvalue weighted by Gasteiger charge is -2.26. The lowest BCUT2D eigenvalue weighted by atomic mass is 9.76. The van der Waals surface area contributed by atoms with Crippen molar-refractivity contribution in [3.05, 3.63) is 124 Å². The van der Waals surface area contributed by atoms with Crippen LogP contribution in [0.5, 0.6) is 0 Å². The van der Waals surface area contributed by atoms with Gasteiger partial charge in [0.25, 0.3) is 0 Å². The number of fused-ring (bicyclic) bond motifs is 1. The Morgan fingerprint density at radius 2 is 1.62 bits per heavy atom. The number of rotatable bonds is 4. The maximum Gasteiger partial charge on any atom is 0.416 e. The predicted molar refractivity (Wildman–Crippen MR) is 140 cm³/mol. The van der Waals surface area contributed by atoms with E-state index in [9.17, 15) is 23.1 Å². The molecule has 0 radical (unpaired) electrons. The minimum atomic E-state index is -4.49. The standard InChI is InChI=1S/C31H24F3NO2/c1-17(2)25(22-13-6-5-10-18(22)3)27-29(36)28(30(27)37)26-19(4)35(24-15-8-7-14-23(24)26)21-12-9-11-20(16-21)31(32,33)34/h5-16,36H,1H2,2-4H3/b27-25-. The molecule has 0 saturated carbocycles. The number of allylic oxidation sites excluding steroid dienone is 4. The van der Waals surface area contributed by atoms with E-state index in [2.05, 4.69) is 6.58 Å². The molecular weight excluding hydrogens is 475 g/mol. The molecule has 6 heteroatoms. The lowest BCUT2D eigenvalue weighted by Crippen LogP contribution is -2.23. The number of carbonyl (C=O) groups excluding carboxylic acids is 1. The summed E-state index contributed by atoms with van der Waals surface area (Å²) >= 11 is 0. The van der Waals surface area contributed by atoms with E-state index in [0.717, 1.165) is 23.3 Å². The molecule has 1 N–H and O–H groups in total. The number of ketones is 1. The SMILES string of the molecule is C=C(C)/C(=C1/C(=O)C(c2c(C)n(-c3cccc(C(F)(F)F)c3)c3ccccc23)=C1O)c1ccccc1C. The number of hydrogen-bond acceptors (Lipinski definition) is 2.